The molecule has 1 aliphatic rings. The minimum atomic E-state index is 0.672. The average Bonchev–Trinajstić information content (AvgIpc) is 2.72. The SMILES string of the molecule is COc1cccc(NCC2CCCN2C)c1. The van der Waals surface area contributed by atoms with Gasteiger partial charge in [0.1, 0.15) is 5.75 Å². The summed E-state index contributed by atoms with van der Waals surface area (Å²) < 4.78 is 5.20. The fourth-order valence-electron chi connectivity index (χ4n) is 2.21. The second-order valence-electron chi connectivity index (χ2n) is 4.39. The van der Waals surface area contributed by atoms with E-state index in [1.54, 1.807) is 7.11 Å². The zero-order chi connectivity index (χ0) is 11.4. The summed E-state index contributed by atoms with van der Waals surface area (Å²) in [5.41, 5.74) is 1.14. The molecule has 2 rings (SSSR count). The largest absolute Gasteiger partial charge is 0.497 e. The van der Waals surface area contributed by atoms with Gasteiger partial charge in [0.2, 0.25) is 0 Å². The van der Waals surface area contributed by atoms with Gasteiger partial charge in [0.05, 0.1) is 7.11 Å². The van der Waals surface area contributed by atoms with Crippen molar-refractivity contribution in [1.82, 2.24) is 4.90 Å². The van der Waals surface area contributed by atoms with Gasteiger partial charge in [-0.1, -0.05) is 6.07 Å². The molecule has 0 bridgehead atoms. The van der Waals surface area contributed by atoms with Crippen molar-refractivity contribution in [3.63, 3.8) is 0 Å². The van der Waals surface area contributed by atoms with E-state index in [1.165, 1.54) is 19.4 Å². The van der Waals surface area contributed by atoms with Crippen LogP contribution < -0.4 is 10.1 Å². The molecular formula is C13H20N2O. The molecule has 3 heteroatoms. The van der Waals surface area contributed by atoms with Crippen LogP contribution in [0.5, 0.6) is 5.75 Å². The van der Waals surface area contributed by atoms with Crippen molar-refractivity contribution < 1.29 is 4.74 Å². The van der Waals surface area contributed by atoms with Crippen LogP contribution in [0.3, 0.4) is 0 Å². The van der Waals surface area contributed by atoms with Gasteiger partial charge in [-0.15, -0.1) is 0 Å². The fourth-order valence-corrected chi connectivity index (χ4v) is 2.21. The maximum absolute atomic E-state index is 5.20. The van der Waals surface area contributed by atoms with E-state index in [0.29, 0.717) is 6.04 Å². The highest BCUT2D eigenvalue weighted by atomic mass is 16.5. The first-order valence-corrected chi connectivity index (χ1v) is 5.88. The maximum atomic E-state index is 5.20. The molecule has 1 aromatic carbocycles. The van der Waals surface area contributed by atoms with E-state index in [1.807, 2.05) is 18.2 Å². The minimum absolute atomic E-state index is 0.672. The van der Waals surface area contributed by atoms with Crippen molar-refractivity contribution in [3.8, 4) is 5.75 Å². The highest BCUT2D eigenvalue weighted by Gasteiger charge is 2.19. The van der Waals surface area contributed by atoms with Gasteiger partial charge >= 0.3 is 0 Å². The number of nitrogens with one attached hydrogen (secondary N) is 1. The fraction of sp³-hybridized carbons (Fsp3) is 0.538. The number of methoxy groups -OCH3 is 1. The summed E-state index contributed by atoms with van der Waals surface area (Å²) in [6.07, 6.45) is 2.62. The van der Waals surface area contributed by atoms with Gasteiger partial charge in [-0.05, 0) is 38.6 Å². The van der Waals surface area contributed by atoms with E-state index in [2.05, 4.69) is 23.3 Å². The molecule has 0 amide bonds. The predicted octanol–water partition coefficient (Wildman–Crippen LogP) is 2.20. The zero-order valence-electron chi connectivity index (χ0n) is 10.1. The van der Waals surface area contributed by atoms with Gasteiger partial charge in [-0.25, -0.2) is 0 Å². The van der Waals surface area contributed by atoms with E-state index in [0.717, 1.165) is 18.0 Å². The Hall–Kier alpha value is -1.22. The quantitative estimate of drug-likeness (QED) is 0.842. The Morgan fingerprint density at radius 2 is 2.38 bits per heavy atom. The van der Waals surface area contributed by atoms with Crippen molar-refractivity contribution in [2.45, 2.75) is 18.9 Å². The van der Waals surface area contributed by atoms with Gasteiger partial charge < -0.3 is 15.0 Å². The van der Waals surface area contributed by atoms with Crippen LogP contribution in [0.2, 0.25) is 0 Å². The highest BCUT2D eigenvalue weighted by Crippen LogP contribution is 2.19. The number of ether oxygens (including phenoxy) is 1. The molecule has 1 aliphatic heterocycles. The Bertz CT molecular complexity index is 340. The number of nitrogens with zero attached hydrogens (tertiary/aromatic N) is 1. The molecule has 88 valence electrons. The highest BCUT2D eigenvalue weighted by molar-refractivity contribution is 5.48. The van der Waals surface area contributed by atoms with Crippen LogP contribution >= 0.6 is 0 Å². The number of likely N-dealkylation sites (N-methyl/N-ethyl adjacent to an activating group) is 1. The van der Waals surface area contributed by atoms with E-state index in [4.69, 9.17) is 4.74 Å². The molecule has 0 aromatic heterocycles. The third-order valence-corrected chi connectivity index (χ3v) is 3.28. The third-order valence-electron chi connectivity index (χ3n) is 3.28. The molecule has 1 saturated heterocycles. The molecular weight excluding hydrogens is 200 g/mol. The molecule has 1 N–H and O–H groups in total. The Morgan fingerprint density at radius 3 is 3.06 bits per heavy atom. The lowest BCUT2D eigenvalue weighted by Crippen LogP contribution is -2.31. The monoisotopic (exact) mass is 220 g/mol. The molecule has 0 spiro atoms. The number of hydrogen-bond donors (Lipinski definition) is 1. The lowest BCUT2D eigenvalue weighted by atomic mass is 10.2. The Balaban J connectivity index is 1.88. The van der Waals surface area contributed by atoms with Gasteiger partial charge in [0.25, 0.3) is 0 Å². The molecule has 1 unspecified atom stereocenters. The smallest absolute Gasteiger partial charge is 0.120 e. The van der Waals surface area contributed by atoms with Gasteiger partial charge in [0.15, 0.2) is 0 Å². The number of hydrogen-bond acceptors (Lipinski definition) is 3. The van der Waals surface area contributed by atoms with Crippen molar-refractivity contribution in [2.75, 3.05) is 32.6 Å². The summed E-state index contributed by atoms with van der Waals surface area (Å²) in [6.45, 7) is 2.24. The summed E-state index contributed by atoms with van der Waals surface area (Å²) in [5.74, 6) is 0.907. The first-order valence-electron chi connectivity index (χ1n) is 5.88. The van der Waals surface area contributed by atoms with E-state index in [9.17, 15) is 0 Å². The number of benzene rings is 1. The van der Waals surface area contributed by atoms with Crippen LogP contribution in [0.15, 0.2) is 24.3 Å². The topological polar surface area (TPSA) is 24.5 Å². The summed E-state index contributed by atoms with van der Waals surface area (Å²) in [6, 6.07) is 8.77. The van der Waals surface area contributed by atoms with E-state index < -0.39 is 0 Å². The molecule has 1 fully saturated rings. The minimum Gasteiger partial charge on any atom is -0.497 e. The molecule has 1 atom stereocenters. The van der Waals surface area contributed by atoms with Gasteiger partial charge in [-0.3, -0.25) is 0 Å². The van der Waals surface area contributed by atoms with Crippen LogP contribution in [0, 0.1) is 0 Å². The molecule has 0 radical (unpaired) electrons. The standard InChI is InChI=1S/C13H20N2O/c1-15-8-4-6-12(15)10-14-11-5-3-7-13(9-11)16-2/h3,5,7,9,12,14H,4,6,8,10H2,1-2H3. The summed E-state index contributed by atoms with van der Waals surface area (Å²) in [5, 5.41) is 3.47. The van der Waals surface area contributed by atoms with Crippen molar-refractivity contribution >= 4 is 5.69 Å². The average molecular weight is 220 g/mol. The summed E-state index contributed by atoms with van der Waals surface area (Å²) in [7, 11) is 3.90. The molecule has 1 heterocycles. The Labute approximate surface area is 97.4 Å². The number of rotatable bonds is 4. The van der Waals surface area contributed by atoms with Crippen LogP contribution in [0.1, 0.15) is 12.8 Å². The molecule has 16 heavy (non-hydrogen) atoms. The second-order valence-corrected chi connectivity index (χ2v) is 4.39. The lowest BCUT2D eigenvalue weighted by Gasteiger charge is -2.20. The zero-order valence-corrected chi connectivity index (χ0v) is 10.1. The van der Waals surface area contributed by atoms with Crippen LogP contribution in [0.4, 0.5) is 5.69 Å². The summed E-state index contributed by atoms with van der Waals surface area (Å²) >= 11 is 0. The van der Waals surface area contributed by atoms with Crippen LogP contribution in [-0.4, -0.2) is 38.2 Å². The molecule has 0 saturated carbocycles. The van der Waals surface area contributed by atoms with Gasteiger partial charge in [-0.2, -0.15) is 0 Å². The summed E-state index contributed by atoms with van der Waals surface area (Å²) in [4.78, 5) is 2.42. The third kappa shape index (κ3) is 2.67. The Morgan fingerprint density at radius 1 is 1.50 bits per heavy atom. The maximum Gasteiger partial charge on any atom is 0.120 e. The Kier molecular flexibility index (Phi) is 3.67. The van der Waals surface area contributed by atoms with E-state index >= 15 is 0 Å². The number of anilines is 1. The van der Waals surface area contributed by atoms with Crippen molar-refractivity contribution in [2.24, 2.45) is 0 Å². The lowest BCUT2D eigenvalue weighted by molar-refractivity contribution is 0.322. The van der Waals surface area contributed by atoms with Crippen LogP contribution in [-0.2, 0) is 0 Å². The normalized spacial score (nSPS) is 21.0. The number of likely N-dealkylation sites (tertiary alicyclic amines) is 1. The molecule has 0 aliphatic carbocycles. The second kappa shape index (κ2) is 5.21. The van der Waals surface area contributed by atoms with E-state index in [-0.39, 0.29) is 0 Å². The van der Waals surface area contributed by atoms with Crippen molar-refractivity contribution in [1.29, 1.82) is 0 Å². The predicted molar refractivity (Wildman–Crippen MR) is 67.1 cm³/mol. The van der Waals surface area contributed by atoms with Crippen LogP contribution in [0.25, 0.3) is 0 Å². The first-order chi connectivity index (χ1) is 7.79. The first kappa shape index (κ1) is 11.3. The van der Waals surface area contributed by atoms with Crippen molar-refractivity contribution in [3.05, 3.63) is 24.3 Å². The van der Waals surface area contributed by atoms with Gasteiger partial charge in [0, 0.05) is 24.3 Å². The molecule has 3 nitrogen and oxygen atoms in total. The molecule has 1 aromatic rings.